The Labute approximate surface area is 119 Å². The fraction of sp³-hybridized carbons (Fsp3) is 0.833. The normalized spacial score (nSPS) is 13.7. The van der Waals surface area contributed by atoms with Crippen LogP contribution in [0.2, 0.25) is 0 Å². The molecule has 7 nitrogen and oxygen atoms in total. The molecule has 0 aromatic carbocycles. The van der Waals surface area contributed by atoms with E-state index in [2.05, 4.69) is 4.74 Å². The van der Waals surface area contributed by atoms with Crippen molar-refractivity contribution in [3.63, 3.8) is 0 Å². The molecule has 0 saturated heterocycles. The molecule has 0 amide bonds. The van der Waals surface area contributed by atoms with Gasteiger partial charge in [-0.1, -0.05) is 6.92 Å². The maximum absolute atomic E-state index is 11.7. The van der Waals surface area contributed by atoms with Crippen molar-refractivity contribution in [3.05, 3.63) is 0 Å². The van der Waals surface area contributed by atoms with E-state index in [0.29, 0.717) is 6.42 Å². The first-order valence-corrected chi connectivity index (χ1v) is 7.90. The third-order valence-corrected chi connectivity index (χ3v) is 3.49. The van der Waals surface area contributed by atoms with Gasteiger partial charge in [0.15, 0.2) is 0 Å². The second-order valence-corrected chi connectivity index (χ2v) is 6.74. The fourth-order valence-electron chi connectivity index (χ4n) is 1.08. The van der Waals surface area contributed by atoms with E-state index in [1.54, 1.807) is 20.8 Å². The highest BCUT2D eigenvalue weighted by Crippen LogP contribution is 2.22. The quantitative estimate of drug-likeness (QED) is 0.529. The minimum Gasteiger partial charge on any atom is -0.464 e. The van der Waals surface area contributed by atoms with Crippen LogP contribution < -0.4 is 0 Å². The van der Waals surface area contributed by atoms with E-state index in [1.165, 1.54) is 0 Å². The van der Waals surface area contributed by atoms with Crippen LogP contribution in [0.15, 0.2) is 0 Å². The molecule has 0 fully saturated rings. The molecule has 0 rings (SSSR count). The lowest BCUT2D eigenvalue weighted by atomic mass is 9.90. The van der Waals surface area contributed by atoms with E-state index in [4.69, 9.17) is 9.29 Å². The Morgan fingerprint density at radius 1 is 1.30 bits per heavy atom. The SMILES string of the molecule is CCC(C)(C)C(=O)OC(C)CC(=O)OCCS(=O)(=O)O. The number of hydrogen-bond acceptors (Lipinski definition) is 6. The van der Waals surface area contributed by atoms with Crippen LogP contribution in [-0.2, 0) is 29.2 Å². The van der Waals surface area contributed by atoms with Crippen molar-refractivity contribution in [3.8, 4) is 0 Å². The van der Waals surface area contributed by atoms with Gasteiger partial charge in [0, 0.05) is 0 Å². The molecule has 0 bridgehead atoms. The van der Waals surface area contributed by atoms with Crippen LogP contribution in [0.5, 0.6) is 0 Å². The maximum atomic E-state index is 11.7. The molecule has 0 heterocycles. The third-order valence-electron chi connectivity index (χ3n) is 2.80. The topological polar surface area (TPSA) is 107 Å². The zero-order valence-electron chi connectivity index (χ0n) is 12.2. The lowest BCUT2D eigenvalue weighted by Gasteiger charge is -2.23. The molecule has 1 unspecified atom stereocenters. The molecular formula is C12H22O7S. The van der Waals surface area contributed by atoms with Gasteiger partial charge in [-0.15, -0.1) is 0 Å². The van der Waals surface area contributed by atoms with Gasteiger partial charge in [-0.3, -0.25) is 14.1 Å². The number of ether oxygens (including phenoxy) is 2. The van der Waals surface area contributed by atoms with Gasteiger partial charge < -0.3 is 9.47 Å². The second-order valence-electron chi connectivity index (χ2n) is 5.16. The summed E-state index contributed by atoms with van der Waals surface area (Å²) in [4.78, 5) is 23.1. The molecule has 0 aliphatic rings. The van der Waals surface area contributed by atoms with E-state index in [-0.39, 0.29) is 6.42 Å². The lowest BCUT2D eigenvalue weighted by Crippen LogP contribution is -2.30. The summed E-state index contributed by atoms with van der Waals surface area (Å²) in [7, 11) is -4.15. The van der Waals surface area contributed by atoms with Crippen LogP contribution in [0.1, 0.15) is 40.5 Å². The summed E-state index contributed by atoms with van der Waals surface area (Å²) in [5.41, 5.74) is -0.622. The van der Waals surface area contributed by atoms with E-state index >= 15 is 0 Å². The van der Waals surface area contributed by atoms with Crippen molar-refractivity contribution < 1.29 is 32.0 Å². The number of carbonyl (C=O) groups excluding carboxylic acids is 2. The second kappa shape index (κ2) is 7.58. The van der Waals surface area contributed by atoms with Crippen molar-refractivity contribution >= 4 is 22.1 Å². The van der Waals surface area contributed by atoms with E-state index in [9.17, 15) is 18.0 Å². The molecule has 118 valence electrons. The predicted molar refractivity (Wildman–Crippen MR) is 71.6 cm³/mol. The minimum atomic E-state index is -4.15. The van der Waals surface area contributed by atoms with Crippen LogP contribution in [-0.4, -0.2) is 43.4 Å². The van der Waals surface area contributed by atoms with Gasteiger partial charge in [0.1, 0.15) is 18.5 Å². The fourth-order valence-corrected chi connectivity index (χ4v) is 1.38. The highest BCUT2D eigenvalue weighted by Gasteiger charge is 2.29. The molecule has 0 aromatic rings. The van der Waals surface area contributed by atoms with Crippen molar-refractivity contribution in [2.75, 3.05) is 12.4 Å². The summed E-state index contributed by atoms with van der Waals surface area (Å²) in [6, 6.07) is 0. The molecule has 0 spiro atoms. The minimum absolute atomic E-state index is 0.170. The average Bonchev–Trinajstić information content (AvgIpc) is 2.26. The van der Waals surface area contributed by atoms with Crippen LogP contribution in [0.4, 0.5) is 0 Å². The van der Waals surface area contributed by atoms with E-state index < -0.39 is 45.9 Å². The van der Waals surface area contributed by atoms with Crippen LogP contribution in [0, 0.1) is 5.41 Å². The number of rotatable bonds is 8. The first kappa shape index (κ1) is 18.9. The third kappa shape index (κ3) is 8.11. The standard InChI is InChI=1S/C12H22O7S/c1-5-12(3,4)11(14)19-9(2)8-10(13)18-6-7-20(15,16)17/h9H,5-8H2,1-4H3,(H,15,16,17). The average molecular weight is 310 g/mol. The largest absolute Gasteiger partial charge is 0.464 e. The summed E-state index contributed by atoms with van der Waals surface area (Å²) in [6.07, 6.45) is -0.222. The van der Waals surface area contributed by atoms with Gasteiger partial charge in [0.05, 0.1) is 11.8 Å². The molecule has 0 aliphatic heterocycles. The van der Waals surface area contributed by atoms with Gasteiger partial charge in [0.2, 0.25) is 0 Å². The zero-order valence-corrected chi connectivity index (χ0v) is 13.0. The first-order chi connectivity index (χ1) is 8.98. The Balaban J connectivity index is 4.12. The molecule has 20 heavy (non-hydrogen) atoms. The molecule has 0 aromatic heterocycles. The van der Waals surface area contributed by atoms with E-state index in [1.807, 2.05) is 6.92 Å². The maximum Gasteiger partial charge on any atom is 0.311 e. The number of carbonyl (C=O) groups is 2. The van der Waals surface area contributed by atoms with Crippen molar-refractivity contribution in [2.24, 2.45) is 5.41 Å². The van der Waals surface area contributed by atoms with Gasteiger partial charge in [0.25, 0.3) is 10.1 Å². The van der Waals surface area contributed by atoms with E-state index in [0.717, 1.165) is 0 Å². The van der Waals surface area contributed by atoms with Crippen LogP contribution >= 0.6 is 0 Å². The van der Waals surface area contributed by atoms with Crippen LogP contribution in [0.25, 0.3) is 0 Å². The monoisotopic (exact) mass is 310 g/mol. The zero-order chi connectivity index (χ0) is 16.0. The molecule has 0 radical (unpaired) electrons. The number of esters is 2. The molecule has 1 atom stereocenters. The molecule has 0 saturated carbocycles. The summed E-state index contributed by atoms with van der Waals surface area (Å²) in [5, 5.41) is 0. The molecule has 1 N–H and O–H groups in total. The van der Waals surface area contributed by atoms with Gasteiger partial charge in [-0.2, -0.15) is 8.42 Å². The van der Waals surface area contributed by atoms with Crippen molar-refractivity contribution in [1.82, 2.24) is 0 Å². The Hall–Kier alpha value is -1.15. The van der Waals surface area contributed by atoms with Gasteiger partial charge >= 0.3 is 11.9 Å². The summed E-state index contributed by atoms with van der Waals surface area (Å²) >= 11 is 0. The smallest absolute Gasteiger partial charge is 0.311 e. The predicted octanol–water partition coefficient (Wildman–Crippen LogP) is 1.18. The highest BCUT2D eigenvalue weighted by molar-refractivity contribution is 7.85. The summed E-state index contributed by atoms with van der Waals surface area (Å²) < 4.78 is 39.0. The molecule has 0 aliphatic carbocycles. The van der Waals surface area contributed by atoms with Gasteiger partial charge in [-0.25, -0.2) is 0 Å². The molecular weight excluding hydrogens is 288 g/mol. The summed E-state index contributed by atoms with van der Waals surface area (Å²) in [5.74, 6) is -1.75. The van der Waals surface area contributed by atoms with Crippen LogP contribution in [0.3, 0.4) is 0 Å². The number of hydrogen-bond donors (Lipinski definition) is 1. The Bertz CT molecular complexity index is 439. The summed E-state index contributed by atoms with van der Waals surface area (Å²) in [6.45, 7) is 6.46. The van der Waals surface area contributed by atoms with Gasteiger partial charge in [-0.05, 0) is 27.2 Å². The highest BCUT2D eigenvalue weighted by atomic mass is 32.2. The first-order valence-electron chi connectivity index (χ1n) is 6.30. The Kier molecular flexibility index (Phi) is 7.15. The Morgan fingerprint density at radius 2 is 1.85 bits per heavy atom. The van der Waals surface area contributed by atoms with Crippen molar-refractivity contribution in [2.45, 2.75) is 46.6 Å². The van der Waals surface area contributed by atoms with Crippen molar-refractivity contribution in [1.29, 1.82) is 0 Å². The Morgan fingerprint density at radius 3 is 2.30 bits per heavy atom. The lowest BCUT2D eigenvalue weighted by molar-refractivity contribution is -0.162. The molecule has 8 heteroatoms.